The van der Waals surface area contributed by atoms with E-state index in [0.717, 1.165) is 171 Å². The molecule has 0 spiro atoms. The quantitative estimate of drug-likeness (QED) is 0.109. The molecule has 0 bridgehead atoms. The molecule has 2 saturated heterocycles. The van der Waals surface area contributed by atoms with Crippen molar-refractivity contribution in [2.75, 3.05) is 115 Å². The van der Waals surface area contributed by atoms with Crippen molar-refractivity contribution in [1.29, 1.82) is 0 Å². The normalized spacial score (nSPS) is 17.3. The number of benzene rings is 10. The average Bonchev–Trinajstić information content (AvgIpc) is 0.950. The molecule has 7 aliphatic rings. The summed E-state index contributed by atoms with van der Waals surface area (Å²) >= 11 is 3.63. The molecule has 0 N–H and O–H groups in total. The van der Waals surface area contributed by atoms with Crippen molar-refractivity contribution in [3.8, 4) is 28.6 Å². The zero-order chi connectivity index (χ0) is 76.6. The number of ether oxygens (including phenoxy) is 2. The molecular formula is C97H85Cl2N13O2S2. The number of para-hydroxylation sites is 12. The molecule has 0 aliphatic carbocycles. The van der Waals surface area contributed by atoms with E-state index in [4.69, 9.17) is 14.6 Å². The standard InChI is InChI=1S/C52H44N6O2.C45H41N7S2.2ClH/c1-53-45-25-13-15-27-47(45)59-51(53)35-37-33-49(57(39-17-5-3-6-18-39)43-23-11-9-21-41(37)43)55-29-31-56(32-30-55)50-34-38(36-52-54(2)46-26-14-16-28-48(46)60-52)42-22-10-12-24-44(42)58(50)40-19-7-4-8-20-40;1-47-39-17-9-11-19-41(39)53-44(47)31-34-21-23-51(36-13-5-3-6-14-36)38(29-34)33-49-25-27-50(28-26-49)46-43-30-35(22-24-52(43)37-15-7-4-8-16-37)32-45-48(2)40-18-10-12-20-42(40)54-45;;/h3-28,33-36H,29-32H2,1-2H3;3-24,29-33H,25-28H2,1-2H3;2*1H/q+2;;;/p-2/b;38-33-,44-31+,45-32+,46-43-;;. The van der Waals surface area contributed by atoms with E-state index in [2.05, 4.69) is 408 Å². The fourth-order valence-corrected chi connectivity index (χ4v) is 18.3. The Hall–Kier alpha value is -12.8. The number of aromatic nitrogens is 3. The van der Waals surface area contributed by atoms with E-state index in [1.807, 2.05) is 47.8 Å². The molecule has 0 unspecified atom stereocenters. The van der Waals surface area contributed by atoms with Crippen LogP contribution in [0.4, 0.5) is 40.1 Å². The molecule has 0 amide bonds. The van der Waals surface area contributed by atoms with Gasteiger partial charge >= 0.3 is 0 Å². The van der Waals surface area contributed by atoms with Crippen LogP contribution in [0.25, 0.3) is 57.1 Å². The van der Waals surface area contributed by atoms with Gasteiger partial charge in [0.05, 0.1) is 51.6 Å². The fraction of sp³-hybridized carbons (Fsp3) is 0.124. The highest BCUT2D eigenvalue weighted by molar-refractivity contribution is 8.04. The van der Waals surface area contributed by atoms with Crippen molar-refractivity contribution < 1.29 is 43.4 Å². The molecule has 7 aliphatic heterocycles. The Morgan fingerprint density at radius 1 is 0.405 bits per heavy atom. The van der Waals surface area contributed by atoms with Gasteiger partial charge in [0.25, 0.3) is 11.6 Å². The molecule has 15 nitrogen and oxygen atoms in total. The number of halogens is 2. The minimum Gasteiger partial charge on any atom is -1.00 e. The van der Waals surface area contributed by atoms with Crippen LogP contribution >= 0.6 is 23.5 Å². The number of allylic oxidation sites excluding steroid dienone is 4. The van der Waals surface area contributed by atoms with E-state index in [1.54, 1.807) is 0 Å². The molecule has 0 saturated carbocycles. The zero-order valence-corrected chi connectivity index (χ0v) is 67.9. The molecule has 19 heteroatoms. The molecule has 13 aromatic rings. The largest absolute Gasteiger partial charge is 1.00 e. The number of hydrogen-bond acceptors (Lipinski definition) is 14. The van der Waals surface area contributed by atoms with Gasteiger partial charge in [-0.25, -0.2) is 0 Å². The Balaban J connectivity index is 0.000000165. The van der Waals surface area contributed by atoms with Gasteiger partial charge in [-0.3, -0.25) is 14.8 Å². The van der Waals surface area contributed by atoms with Crippen molar-refractivity contribution in [2.24, 2.45) is 5.10 Å². The number of rotatable bonds is 12. The first-order valence-electron chi connectivity index (χ1n) is 38.9. The lowest BCUT2D eigenvalue weighted by Gasteiger charge is -2.34. The van der Waals surface area contributed by atoms with Gasteiger partial charge in [0.2, 0.25) is 11.8 Å². The van der Waals surface area contributed by atoms with E-state index in [1.165, 1.54) is 36.8 Å². The molecule has 3 aromatic heterocycles. The maximum Gasteiger partial charge on any atom is 0.283 e. The van der Waals surface area contributed by atoms with Crippen LogP contribution in [0.15, 0.2) is 376 Å². The zero-order valence-electron chi connectivity index (χ0n) is 64.8. The molecule has 576 valence electrons. The third kappa shape index (κ3) is 15.1. The predicted octanol–water partition coefficient (Wildman–Crippen LogP) is 12.9. The number of nitrogens with zero attached hydrogens (tertiary/aromatic N) is 13. The number of anilines is 7. The molecule has 0 atom stereocenters. The average molecular weight is 1600 g/mol. The Morgan fingerprint density at radius 2 is 0.845 bits per heavy atom. The Bertz CT molecular complexity index is 5950. The Morgan fingerprint density at radius 3 is 1.34 bits per heavy atom. The van der Waals surface area contributed by atoms with E-state index in [0.29, 0.717) is 0 Å². The van der Waals surface area contributed by atoms with E-state index in [9.17, 15) is 0 Å². The summed E-state index contributed by atoms with van der Waals surface area (Å²) in [7, 11) is 8.43. The monoisotopic (exact) mass is 1600 g/mol. The SMILES string of the molecule is CN1/C(=C\C2=CC(=C/N3CCN(/N=c4/cc(/C=C5/Sc6ccccc6N5C)ccn4-c4ccccc4)CC3)/N(c3ccccc3)C=C2)Sc2ccccc21.CN1C(=Cc2cc(N3CCN(c4cc(C=C5Oc6ccccc6N5C)c5ccccc5[n+]4-c4ccccc4)CC3)[n+](-c3ccccc3)c3ccccc23)Oc2ccccc21.[Cl-].[Cl-]. The highest BCUT2D eigenvalue weighted by Gasteiger charge is 2.36. The van der Waals surface area contributed by atoms with Gasteiger partial charge < -0.3 is 68.3 Å². The molecule has 116 heavy (non-hydrogen) atoms. The smallest absolute Gasteiger partial charge is 0.283 e. The summed E-state index contributed by atoms with van der Waals surface area (Å²) in [4.78, 5) is 21.2. The first-order valence-corrected chi connectivity index (χ1v) is 40.5. The Labute approximate surface area is 698 Å². The van der Waals surface area contributed by atoms with Crippen molar-refractivity contribution in [2.45, 2.75) is 9.79 Å². The van der Waals surface area contributed by atoms with Gasteiger partial charge in [-0.15, -0.1) is 0 Å². The lowest BCUT2D eigenvalue weighted by molar-refractivity contribution is -0.555. The summed E-state index contributed by atoms with van der Waals surface area (Å²) in [6.45, 7) is 6.66. The van der Waals surface area contributed by atoms with Crippen molar-refractivity contribution in [3.05, 3.63) is 383 Å². The summed E-state index contributed by atoms with van der Waals surface area (Å²) in [5.74, 6) is 5.64. The van der Waals surface area contributed by atoms with Gasteiger partial charge in [-0.2, -0.15) is 14.2 Å². The van der Waals surface area contributed by atoms with E-state index in [-0.39, 0.29) is 24.8 Å². The number of pyridine rings is 3. The van der Waals surface area contributed by atoms with Crippen LogP contribution in [0.1, 0.15) is 16.7 Å². The predicted molar refractivity (Wildman–Crippen MR) is 468 cm³/mol. The van der Waals surface area contributed by atoms with E-state index >= 15 is 0 Å². The van der Waals surface area contributed by atoms with Gasteiger partial charge in [0.1, 0.15) is 48.6 Å². The summed E-state index contributed by atoms with van der Waals surface area (Å²) in [5.41, 5.74) is 18.0. The van der Waals surface area contributed by atoms with Crippen molar-refractivity contribution in [1.82, 2.24) is 14.5 Å². The minimum atomic E-state index is 0. The molecule has 0 radical (unpaired) electrons. The number of piperazine rings is 2. The van der Waals surface area contributed by atoms with Gasteiger partial charge in [-0.1, -0.05) is 181 Å². The molecule has 10 heterocycles. The van der Waals surface area contributed by atoms with Crippen LogP contribution in [-0.4, -0.2) is 95.0 Å². The maximum absolute atomic E-state index is 6.43. The van der Waals surface area contributed by atoms with Gasteiger partial charge in [-0.05, 0) is 168 Å². The molecular weight excluding hydrogens is 1510 g/mol. The second kappa shape index (κ2) is 33.4. The van der Waals surface area contributed by atoms with Crippen LogP contribution in [0.2, 0.25) is 0 Å². The summed E-state index contributed by atoms with van der Waals surface area (Å²) in [6, 6.07) is 103. The van der Waals surface area contributed by atoms with Crippen LogP contribution in [0.5, 0.6) is 11.5 Å². The van der Waals surface area contributed by atoms with Crippen LogP contribution in [0.3, 0.4) is 0 Å². The first-order chi connectivity index (χ1) is 56.1. The minimum absolute atomic E-state index is 0. The number of fused-ring (bicyclic) bond motifs is 6. The van der Waals surface area contributed by atoms with Crippen molar-refractivity contribution >= 4 is 104 Å². The highest BCUT2D eigenvalue weighted by Crippen LogP contribution is 2.48. The third-order valence-corrected chi connectivity index (χ3v) is 24.3. The topological polar surface area (TPSA) is 72.7 Å². The lowest BCUT2D eigenvalue weighted by Crippen LogP contribution is -3.00. The van der Waals surface area contributed by atoms with Gasteiger partial charge in [0.15, 0.2) is 17.0 Å². The summed E-state index contributed by atoms with van der Waals surface area (Å²) in [6.07, 6.45) is 20.1. The maximum atomic E-state index is 6.43. The third-order valence-electron chi connectivity index (χ3n) is 22.0. The fourth-order valence-electron chi connectivity index (χ4n) is 16.0. The van der Waals surface area contributed by atoms with E-state index < -0.39 is 0 Å². The second-order valence-corrected chi connectivity index (χ2v) is 31.2. The highest BCUT2D eigenvalue weighted by atomic mass is 35.5. The summed E-state index contributed by atoms with van der Waals surface area (Å²) in [5, 5.41) is 12.2. The summed E-state index contributed by atoms with van der Waals surface area (Å²) < 4.78 is 19.9. The molecule has 10 aromatic carbocycles. The second-order valence-electron chi connectivity index (χ2n) is 29.0. The van der Waals surface area contributed by atoms with Crippen molar-refractivity contribution in [3.63, 3.8) is 0 Å². The Kier molecular flexibility index (Phi) is 21.8. The number of thioether (sulfide) groups is 2. The van der Waals surface area contributed by atoms with Gasteiger partial charge in [0, 0.05) is 116 Å². The molecule has 2 fully saturated rings. The van der Waals surface area contributed by atoms with Crippen LogP contribution in [0, 0.1) is 0 Å². The number of hydrogen-bond donors (Lipinski definition) is 0. The molecule has 20 rings (SSSR count). The first kappa shape index (κ1) is 75.9. The van der Waals surface area contributed by atoms with Crippen LogP contribution < -0.4 is 83.2 Å². The lowest BCUT2D eigenvalue weighted by atomic mass is 10.1. The van der Waals surface area contributed by atoms with Crippen LogP contribution in [-0.2, 0) is 0 Å².